The number of hydrogen-bond donors (Lipinski definition) is 0. The summed E-state index contributed by atoms with van der Waals surface area (Å²) in [4.78, 5) is 11.3. The van der Waals surface area contributed by atoms with Crippen LogP contribution in [0.3, 0.4) is 0 Å². The Hall–Kier alpha value is -1.48. The van der Waals surface area contributed by atoms with Gasteiger partial charge in [-0.2, -0.15) is 0 Å². The summed E-state index contributed by atoms with van der Waals surface area (Å²) in [5.74, 6) is 3.03. The fourth-order valence-electron chi connectivity index (χ4n) is 1.56. The van der Waals surface area contributed by atoms with Crippen molar-refractivity contribution in [3.05, 3.63) is 37.8 Å². The molecule has 0 atom stereocenters. The van der Waals surface area contributed by atoms with E-state index in [1.165, 1.54) is 6.07 Å². The van der Waals surface area contributed by atoms with Gasteiger partial charge in [0, 0.05) is 11.5 Å². The van der Waals surface area contributed by atoms with Crippen LogP contribution in [0.5, 0.6) is 5.75 Å². The van der Waals surface area contributed by atoms with Crippen molar-refractivity contribution < 1.29 is 9.15 Å². The molecule has 1 aromatic carbocycles. The molecule has 0 spiro atoms. The Morgan fingerprint density at radius 2 is 2.29 bits per heavy atom. The van der Waals surface area contributed by atoms with E-state index in [2.05, 4.69) is 28.5 Å². The van der Waals surface area contributed by atoms with Crippen molar-refractivity contribution in [3.63, 3.8) is 0 Å². The zero-order chi connectivity index (χ0) is 12.4. The van der Waals surface area contributed by atoms with Gasteiger partial charge in [0.1, 0.15) is 12.4 Å². The lowest BCUT2D eigenvalue weighted by Gasteiger charge is -2.08. The molecule has 2 rings (SSSR count). The van der Waals surface area contributed by atoms with Crippen molar-refractivity contribution in [2.24, 2.45) is 0 Å². The minimum Gasteiger partial charge on any atom is -0.480 e. The van der Waals surface area contributed by atoms with E-state index in [0.717, 1.165) is 14.5 Å². The van der Waals surface area contributed by atoms with Crippen LogP contribution in [0.25, 0.3) is 11.0 Å². The summed E-state index contributed by atoms with van der Waals surface area (Å²) in [6.45, 7) is 2.06. The summed E-state index contributed by atoms with van der Waals surface area (Å²) in [7, 11) is 0. The Morgan fingerprint density at radius 1 is 1.53 bits per heavy atom. The maximum atomic E-state index is 11.3. The number of ether oxygens (including phenoxy) is 1. The molecule has 0 N–H and O–H groups in total. The zero-order valence-electron chi connectivity index (χ0n) is 9.12. The SMILES string of the molecule is C#CCOc1ccc2c(C)cc(=O)oc2c1I. The van der Waals surface area contributed by atoms with Gasteiger partial charge in [0.2, 0.25) is 0 Å². The van der Waals surface area contributed by atoms with Crippen molar-refractivity contribution in [2.45, 2.75) is 6.92 Å². The van der Waals surface area contributed by atoms with Crippen LogP contribution in [0.15, 0.2) is 27.4 Å². The highest BCUT2D eigenvalue weighted by molar-refractivity contribution is 14.1. The van der Waals surface area contributed by atoms with Crippen molar-refractivity contribution in [1.82, 2.24) is 0 Å². The van der Waals surface area contributed by atoms with Gasteiger partial charge in [0.25, 0.3) is 0 Å². The molecule has 3 nitrogen and oxygen atoms in total. The molecule has 0 unspecified atom stereocenters. The topological polar surface area (TPSA) is 39.4 Å². The van der Waals surface area contributed by atoms with Gasteiger partial charge >= 0.3 is 5.63 Å². The van der Waals surface area contributed by atoms with Crippen LogP contribution in [0, 0.1) is 22.8 Å². The molecular weight excluding hydrogens is 331 g/mol. The Labute approximate surface area is 112 Å². The predicted molar refractivity (Wildman–Crippen MR) is 74.3 cm³/mol. The first kappa shape index (κ1) is 12.0. The Balaban J connectivity index is 2.67. The second-order valence-corrected chi connectivity index (χ2v) is 4.57. The van der Waals surface area contributed by atoms with E-state index in [1.54, 1.807) is 0 Å². The van der Waals surface area contributed by atoms with Crippen LogP contribution >= 0.6 is 22.6 Å². The van der Waals surface area contributed by atoms with Crippen LogP contribution in [0.4, 0.5) is 0 Å². The lowest BCUT2D eigenvalue weighted by atomic mass is 10.1. The van der Waals surface area contributed by atoms with Crippen LogP contribution in [0.1, 0.15) is 5.56 Å². The summed E-state index contributed by atoms with van der Waals surface area (Å²) in [5.41, 5.74) is 1.07. The zero-order valence-corrected chi connectivity index (χ0v) is 11.3. The van der Waals surface area contributed by atoms with Crippen LogP contribution < -0.4 is 10.4 Å². The summed E-state index contributed by atoms with van der Waals surface area (Å²) in [6.07, 6.45) is 5.14. The fourth-order valence-corrected chi connectivity index (χ4v) is 2.30. The summed E-state index contributed by atoms with van der Waals surface area (Å²) < 4.78 is 11.3. The van der Waals surface area contributed by atoms with E-state index >= 15 is 0 Å². The van der Waals surface area contributed by atoms with E-state index in [1.807, 2.05) is 19.1 Å². The molecule has 1 aromatic heterocycles. The fraction of sp³-hybridized carbons (Fsp3) is 0.154. The molecule has 0 radical (unpaired) electrons. The molecule has 0 amide bonds. The molecule has 0 saturated heterocycles. The molecular formula is C13H9IO3. The third-order valence-electron chi connectivity index (χ3n) is 2.33. The van der Waals surface area contributed by atoms with Gasteiger partial charge in [0.05, 0.1) is 3.57 Å². The Morgan fingerprint density at radius 3 is 3.00 bits per heavy atom. The number of aryl methyl sites for hydroxylation is 1. The molecule has 0 aliphatic carbocycles. The van der Waals surface area contributed by atoms with Gasteiger partial charge in [-0.05, 0) is 47.2 Å². The van der Waals surface area contributed by atoms with Crippen molar-refractivity contribution in [3.8, 4) is 18.1 Å². The number of halogens is 1. The van der Waals surface area contributed by atoms with Gasteiger partial charge in [-0.15, -0.1) is 6.42 Å². The number of benzene rings is 1. The molecule has 1 heterocycles. The maximum Gasteiger partial charge on any atom is 0.336 e. The van der Waals surface area contributed by atoms with Gasteiger partial charge in [-0.1, -0.05) is 5.92 Å². The molecule has 0 saturated carbocycles. The van der Waals surface area contributed by atoms with E-state index in [9.17, 15) is 4.79 Å². The normalized spacial score (nSPS) is 10.2. The van der Waals surface area contributed by atoms with E-state index in [0.29, 0.717) is 11.3 Å². The lowest BCUT2D eigenvalue weighted by Crippen LogP contribution is -2.01. The summed E-state index contributed by atoms with van der Waals surface area (Å²) in [6, 6.07) is 5.16. The monoisotopic (exact) mass is 340 g/mol. The third-order valence-corrected chi connectivity index (χ3v) is 3.36. The molecule has 2 aromatic rings. The van der Waals surface area contributed by atoms with Gasteiger partial charge in [0.15, 0.2) is 5.58 Å². The first-order valence-corrected chi connectivity index (χ1v) is 6.00. The average Bonchev–Trinajstić information content (AvgIpc) is 2.29. The summed E-state index contributed by atoms with van der Waals surface area (Å²) in [5, 5.41) is 0.905. The first-order valence-electron chi connectivity index (χ1n) is 4.92. The number of hydrogen-bond acceptors (Lipinski definition) is 3. The van der Waals surface area contributed by atoms with Crippen molar-refractivity contribution in [1.29, 1.82) is 0 Å². The Bertz CT molecular complexity index is 665. The standard InChI is InChI=1S/C13H9IO3/c1-3-6-16-10-5-4-9-8(2)7-11(15)17-13(9)12(10)14/h1,4-5,7H,6H2,2H3. The van der Waals surface area contributed by atoms with Gasteiger partial charge < -0.3 is 9.15 Å². The van der Waals surface area contributed by atoms with Gasteiger partial charge in [-0.25, -0.2) is 4.79 Å². The van der Waals surface area contributed by atoms with Crippen molar-refractivity contribution >= 4 is 33.6 Å². The average molecular weight is 340 g/mol. The molecule has 0 aliphatic rings. The Kier molecular flexibility index (Phi) is 3.38. The van der Waals surface area contributed by atoms with Crippen molar-refractivity contribution in [2.75, 3.05) is 6.61 Å². The minimum absolute atomic E-state index is 0.192. The first-order chi connectivity index (χ1) is 8.13. The maximum absolute atomic E-state index is 11.3. The van der Waals surface area contributed by atoms with E-state index in [4.69, 9.17) is 15.6 Å². The molecule has 17 heavy (non-hydrogen) atoms. The largest absolute Gasteiger partial charge is 0.480 e. The quantitative estimate of drug-likeness (QED) is 0.479. The number of fused-ring (bicyclic) bond motifs is 1. The predicted octanol–water partition coefficient (Wildman–Crippen LogP) is 2.72. The van der Waals surface area contributed by atoms with E-state index < -0.39 is 0 Å². The highest BCUT2D eigenvalue weighted by Crippen LogP contribution is 2.30. The highest BCUT2D eigenvalue weighted by atomic mass is 127. The minimum atomic E-state index is -0.359. The second-order valence-electron chi connectivity index (χ2n) is 3.50. The van der Waals surface area contributed by atoms with E-state index in [-0.39, 0.29) is 12.2 Å². The lowest BCUT2D eigenvalue weighted by molar-refractivity contribution is 0.367. The molecule has 0 fully saturated rings. The molecule has 4 heteroatoms. The van der Waals surface area contributed by atoms with Crippen LogP contribution in [-0.2, 0) is 0 Å². The van der Waals surface area contributed by atoms with Crippen LogP contribution in [-0.4, -0.2) is 6.61 Å². The van der Waals surface area contributed by atoms with Gasteiger partial charge in [-0.3, -0.25) is 0 Å². The molecule has 0 aliphatic heterocycles. The number of terminal acetylenes is 1. The highest BCUT2D eigenvalue weighted by Gasteiger charge is 2.10. The second kappa shape index (κ2) is 4.80. The smallest absolute Gasteiger partial charge is 0.336 e. The molecule has 86 valence electrons. The summed E-state index contributed by atoms with van der Waals surface area (Å²) >= 11 is 2.09. The third kappa shape index (κ3) is 2.29. The van der Waals surface area contributed by atoms with Crippen LogP contribution in [0.2, 0.25) is 0 Å². The number of rotatable bonds is 2. The molecule has 0 bridgehead atoms.